The Morgan fingerprint density at radius 1 is 0.600 bits per heavy atom. The number of rotatable bonds is 4. The Hall–Kier alpha value is -1.22. The van der Waals surface area contributed by atoms with Gasteiger partial charge in [0.2, 0.25) is 0 Å². The molecule has 1 aliphatic heterocycles. The van der Waals surface area contributed by atoms with E-state index >= 15 is 0 Å². The summed E-state index contributed by atoms with van der Waals surface area (Å²) in [5.41, 5.74) is 0. The second-order valence-electron chi connectivity index (χ2n) is 6.83. The van der Waals surface area contributed by atoms with E-state index in [2.05, 4.69) is 132 Å². The zero-order valence-corrected chi connectivity index (χ0v) is 17.6. The molecule has 128 valence electrons. The van der Waals surface area contributed by atoms with E-state index in [0.717, 1.165) is 0 Å². The number of nitrogens with zero attached hydrogens (tertiary/aromatic N) is 1. The van der Waals surface area contributed by atoms with E-state index < -0.39 is 4.40 Å². The number of hydrogen-bond acceptors (Lipinski definition) is 1. The summed E-state index contributed by atoms with van der Waals surface area (Å²) >= 11 is 2.85. The van der Waals surface area contributed by atoms with Crippen LogP contribution in [0, 0.1) is 0 Å². The van der Waals surface area contributed by atoms with Gasteiger partial charge in [-0.25, -0.2) is 0 Å². The van der Waals surface area contributed by atoms with Gasteiger partial charge in [0.25, 0.3) is 0 Å². The Balaban J connectivity index is 2.14. The molecule has 4 rings (SSSR count). The van der Waals surface area contributed by atoms with E-state index in [4.69, 9.17) is 0 Å². The Morgan fingerprint density at radius 2 is 0.880 bits per heavy atom. The van der Waals surface area contributed by atoms with E-state index in [9.17, 15) is 0 Å². The fraction of sp³-hybridized carbons (Fsp3) is 0.182. The SMILES string of the molecule is C[C@@H]1[C@H](C)N1P(I)(c1ccccc1)(c1ccccc1)c1ccccc1. The number of hydrogen-bond donors (Lipinski definition) is 0. The molecule has 1 fully saturated rings. The molecular formula is C22H23INP. The number of benzene rings is 3. The molecule has 0 saturated carbocycles. The monoisotopic (exact) mass is 459 g/mol. The van der Waals surface area contributed by atoms with Crippen molar-refractivity contribution in [2.45, 2.75) is 25.9 Å². The molecule has 3 aromatic rings. The van der Waals surface area contributed by atoms with Gasteiger partial charge in [0.05, 0.1) is 0 Å². The van der Waals surface area contributed by atoms with Crippen molar-refractivity contribution in [3.05, 3.63) is 91.0 Å². The first-order valence-electron chi connectivity index (χ1n) is 8.78. The van der Waals surface area contributed by atoms with Crippen molar-refractivity contribution >= 4 is 42.4 Å². The summed E-state index contributed by atoms with van der Waals surface area (Å²) in [6, 6.07) is 34.5. The Morgan fingerprint density at radius 3 is 1.12 bits per heavy atom. The van der Waals surface area contributed by atoms with Crippen LogP contribution in [-0.4, -0.2) is 16.8 Å². The van der Waals surface area contributed by atoms with Gasteiger partial charge in [0, 0.05) is 0 Å². The zero-order valence-electron chi connectivity index (χ0n) is 14.6. The molecule has 0 N–H and O–H groups in total. The molecule has 0 aromatic heterocycles. The average molecular weight is 459 g/mol. The second kappa shape index (κ2) is 6.19. The minimum atomic E-state index is -2.73. The summed E-state index contributed by atoms with van der Waals surface area (Å²) in [4.78, 5) is 0. The van der Waals surface area contributed by atoms with Gasteiger partial charge in [0.15, 0.2) is 0 Å². The van der Waals surface area contributed by atoms with Gasteiger partial charge in [-0.15, -0.1) is 0 Å². The van der Waals surface area contributed by atoms with Gasteiger partial charge < -0.3 is 0 Å². The summed E-state index contributed by atoms with van der Waals surface area (Å²) in [5, 5.41) is 4.30. The van der Waals surface area contributed by atoms with Crippen molar-refractivity contribution in [3.8, 4) is 0 Å². The predicted molar refractivity (Wildman–Crippen MR) is 120 cm³/mol. The first-order valence-corrected chi connectivity index (χ1v) is 13.8. The van der Waals surface area contributed by atoms with Crippen LogP contribution in [-0.2, 0) is 0 Å². The van der Waals surface area contributed by atoms with Crippen molar-refractivity contribution in [1.82, 2.24) is 4.67 Å². The molecule has 1 unspecified atom stereocenters. The quantitative estimate of drug-likeness (QED) is 0.306. The minimum absolute atomic E-state index is 0.579. The zero-order chi connectivity index (χ0) is 17.5. The summed E-state index contributed by atoms with van der Waals surface area (Å²) in [6.45, 7) is 4.72. The fourth-order valence-electron chi connectivity index (χ4n) is 4.12. The van der Waals surface area contributed by atoms with Crippen molar-refractivity contribution in [3.63, 3.8) is 0 Å². The Bertz CT molecular complexity index is 759. The van der Waals surface area contributed by atoms with Gasteiger partial charge in [-0.2, -0.15) is 0 Å². The molecule has 0 radical (unpaired) electrons. The van der Waals surface area contributed by atoms with E-state index in [1.165, 1.54) is 15.9 Å². The third-order valence-corrected chi connectivity index (χ3v) is 17.4. The van der Waals surface area contributed by atoms with Crippen molar-refractivity contribution < 1.29 is 0 Å². The van der Waals surface area contributed by atoms with Gasteiger partial charge in [-0.1, -0.05) is 0 Å². The number of halogens is 1. The van der Waals surface area contributed by atoms with Gasteiger partial charge in [-0.3, -0.25) is 0 Å². The molecule has 0 aliphatic carbocycles. The third-order valence-electron chi connectivity index (χ3n) is 5.56. The van der Waals surface area contributed by atoms with Crippen LogP contribution in [0.2, 0.25) is 0 Å². The predicted octanol–water partition coefficient (Wildman–Crippen LogP) is 4.87. The Kier molecular flexibility index (Phi) is 4.26. The first kappa shape index (κ1) is 17.2. The standard InChI is InChI=1S/C22H23INP/c1-18-19(2)24(18)25(23,20-12-6-3-7-13-20,21-14-8-4-9-15-21)22-16-10-5-11-17-22/h3-19H,1-2H3/t18-,19+,24?. The summed E-state index contributed by atoms with van der Waals surface area (Å²) < 4.78 is 0.0428. The molecule has 1 saturated heterocycles. The van der Waals surface area contributed by atoms with Crippen LogP contribution in [0.5, 0.6) is 0 Å². The second-order valence-corrected chi connectivity index (χ2v) is 16.4. The molecule has 1 nitrogen and oxygen atoms in total. The third kappa shape index (κ3) is 2.34. The van der Waals surface area contributed by atoms with Crippen LogP contribution in [0.1, 0.15) is 13.8 Å². The van der Waals surface area contributed by atoms with Crippen LogP contribution in [0.3, 0.4) is 0 Å². The topological polar surface area (TPSA) is 3.01 Å². The molecule has 25 heavy (non-hydrogen) atoms. The van der Waals surface area contributed by atoms with Crippen molar-refractivity contribution in [1.29, 1.82) is 0 Å². The van der Waals surface area contributed by atoms with Crippen LogP contribution in [0.15, 0.2) is 91.0 Å². The summed E-state index contributed by atoms with van der Waals surface area (Å²) in [5.74, 6) is 0. The van der Waals surface area contributed by atoms with Crippen molar-refractivity contribution in [2.24, 2.45) is 0 Å². The normalized spacial score (nSPS) is 24.3. The van der Waals surface area contributed by atoms with E-state index in [1.54, 1.807) is 0 Å². The molecule has 3 heteroatoms. The van der Waals surface area contributed by atoms with Crippen LogP contribution in [0.25, 0.3) is 0 Å². The van der Waals surface area contributed by atoms with E-state index in [1.807, 2.05) is 0 Å². The Labute approximate surface area is 163 Å². The molecule has 3 aromatic carbocycles. The molecule has 0 bridgehead atoms. The molecular weight excluding hydrogens is 436 g/mol. The van der Waals surface area contributed by atoms with Gasteiger partial charge in [0.1, 0.15) is 0 Å². The molecule has 1 heterocycles. The molecule has 3 atom stereocenters. The molecule has 0 amide bonds. The fourth-order valence-corrected chi connectivity index (χ4v) is 14.9. The van der Waals surface area contributed by atoms with E-state index in [-0.39, 0.29) is 0 Å². The molecule has 1 aliphatic rings. The van der Waals surface area contributed by atoms with E-state index in [0.29, 0.717) is 12.1 Å². The van der Waals surface area contributed by atoms with Crippen LogP contribution in [0.4, 0.5) is 0 Å². The molecule has 0 spiro atoms. The van der Waals surface area contributed by atoms with Crippen LogP contribution < -0.4 is 15.9 Å². The average Bonchev–Trinajstić information content (AvgIpc) is 3.30. The summed E-state index contributed by atoms with van der Waals surface area (Å²) in [7, 11) is 0. The first-order chi connectivity index (χ1) is 12.1. The van der Waals surface area contributed by atoms with Crippen molar-refractivity contribution in [2.75, 3.05) is 0 Å². The van der Waals surface area contributed by atoms with Gasteiger partial charge in [-0.05, 0) is 0 Å². The summed E-state index contributed by atoms with van der Waals surface area (Å²) in [6.07, 6.45) is 0. The van der Waals surface area contributed by atoms with Gasteiger partial charge >= 0.3 is 164 Å². The van der Waals surface area contributed by atoms with Crippen LogP contribution >= 0.6 is 26.4 Å². The maximum absolute atomic E-state index is 2.85. The maximum atomic E-state index is 2.85.